The van der Waals surface area contributed by atoms with Gasteiger partial charge in [0.25, 0.3) is 0 Å². The smallest absolute Gasteiger partial charge is 0.168 e. The summed E-state index contributed by atoms with van der Waals surface area (Å²) >= 11 is 12.4. The highest BCUT2D eigenvalue weighted by Gasteiger charge is 2.39. The van der Waals surface area contributed by atoms with Crippen molar-refractivity contribution in [2.24, 2.45) is 11.8 Å². The summed E-state index contributed by atoms with van der Waals surface area (Å²) in [4.78, 5) is 12.6. The topological polar surface area (TPSA) is 26.3 Å². The maximum atomic E-state index is 12.6. The van der Waals surface area contributed by atoms with Gasteiger partial charge in [-0.3, -0.25) is 4.79 Å². The molecule has 4 heteroatoms. The highest BCUT2D eigenvalue weighted by atomic mass is 35.5. The second-order valence-electron chi connectivity index (χ2n) is 5.46. The molecule has 0 aliphatic heterocycles. The standard InChI is InChI=1S/C15H16Cl2O2/c1-19-11-7-9-6-10(8-4-2-3-5-8)15(18)12(9)14(17)13(11)16/h7-8,10H,2-6H2,1H3/t10-/m0/s1. The van der Waals surface area contributed by atoms with Gasteiger partial charge in [0.15, 0.2) is 5.78 Å². The largest absolute Gasteiger partial charge is 0.495 e. The predicted molar refractivity (Wildman–Crippen MR) is 76.5 cm³/mol. The molecule has 1 aromatic carbocycles. The van der Waals surface area contributed by atoms with Crippen LogP contribution in [0.25, 0.3) is 0 Å². The van der Waals surface area contributed by atoms with Gasteiger partial charge in [-0.15, -0.1) is 0 Å². The molecule has 1 aromatic rings. The molecule has 2 nitrogen and oxygen atoms in total. The van der Waals surface area contributed by atoms with Crippen molar-refractivity contribution >= 4 is 29.0 Å². The number of ether oxygens (including phenoxy) is 1. The van der Waals surface area contributed by atoms with Crippen LogP contribution in [0.15, 0.2) is 6.07 Å². The van der Waals surface area contributed by atoms with Crippen LogP contribution in [0.3, 0.4) is 0 Å². The fraction of sp³-hybridized carbons (Fsp3) is 0.533. The number of fused-ring (bicyclic) bond motifs is 1. The zero-order chi connectivity index (χ0) is 13.6. The minimum absolute atomic E-state index is 0.0955. The second kappa shape index (κ2) is 4.99. The van der Waals surface area contributed by atoms with E-state index in [0.29, 0.717) is 27.3 Å². The number of carbonyl (C=O) groups excluding carboxylic acids is 1. The van der Waals surface area contributed by atoms with Gasteiger partial charge in [-0.05, 0) is 36.8 Å². The summed E-state index contributed by atoms with van der Waals surface area (Å²) in [5, 5.41) is 0.713. The molecule has 1 atom stereocenters. The van der Waals surface area contributed by atoms with Gasteiger partial charge >= 0.3 is 0 Å². The number of carbonyl (C=O) groups is 1. The molecule has 0 bridgehead atoms. The molecular weight excluding hydrogens is 283 g/mol. The molecule has 2 aliphatic rings. The third-order valence-corrected chi connectivity index (χ3v) is 5.32. The summed E-state index contributed by atoms with van der Waals surface area (Å²) in [7, 11) is 1.56. The number of Topliss-reactive ketones (excluding diaryl/α,β-unsaturated/α-hetero) is 1. The first-order valence-electron chi connectivity index (χ1n) is 6.72. The molecule has 0 heterocycles. The Morgan fingerprint density at radius 2 is 1.89 bits per heavy atom. The Morgan fingerprint density at radius 3 is 2.53 bits per heavy atom. The molecule has 0 saturated heterocycles. The first-order chi connectivity index (χ1) is 9.13. The molecule has 1 saturated carbocycles. The van der Waals surface area contributed by atoms with Crippen molar-refractivity contribution in [2.75, 3.05) is 7.11 Å². The Balaban J connectivity index is 2.00. The van der Waals surface area contributed by atoms with Crippen molar-refractivity contribution in [3.8, 4) is 5.75 Å². The van der Waals surface area contributed by atoms with E-state index in [4.69, 9.17) is 27.9 Å². The maximum absolute atomic E-state index is 12.6. The highest BCUT2D eigenvalue weighted by Crippen LogP contribution is 2.46. The van der Waals surface area contributed by atoms with Gasteiger partial charge in [-0.1, -0.05) is 36.0 Å². The molecule has 1 fully saturated rings. The number of rotatable bonds is 2. The lowest BCUT2D eigenvalue weighted by molar-refractivity contribution is 0.0894. The summed E-state index contributed by atoms with van der Waals surface area (Å²) in [6, 6.07) is 1.87. The van der Waals surface area contributed by atoms with Gasteiger partial charge < -0.3 is 4.74 Å². The Morgan fingerprint density at radius 1 is 1.21 bits per heavy atom. The van der Waals surface area contributed by atoms with Crippen LogP contribution in [-0.2, 0) is 6.42 Å². The molecule has 0 amide bonds. The summed E-state index contributed by atoms with van der Waals surface area (Å²) in [6.07, 6.45) is 5.58. The summed E-state index contributed by atoms with van der Waals surface area (Å²) in [6.45, 7) is 0. The quantitative estimate of drug-likeness (QED) is 0.801. The Labute approximate surface area is 123 Å². The minimum Gasteiger partial charge on any atom is -0.495 e. The predicted octanol–water partition coefficient (Wildman–Crippen LogP) is 4.55. The van der Waals surface area contributed by atoms with Gasteiger partial charge in [0.2, 0.25) is 0 Å². The average Bonchev–Trinajstić information content (AvgIpc) is 3.01. The van der Waals surface area contributed by atoms with E-state index >= 15 is 0 Å². The lowest BCUT2D eigenvalue weighted by atomic mass is 9.88. The van der Waals surface area contributed by atoms with Crippen LogP contribution >= 0.6 is 23.2 Å². The van der Waals surface area contributed by atoms with Crippen LogP contribution in [0.5, 0.6) is 5.75 Å². The number of methoxy groups -OCH3 is 1. The zero-order valence-corrected chi connectivity index (χ0v) is 12.4. The number of ketones is 1. The molecule has 0 unspecified atom stereocenters. The van der Waals surface area contributed by atoms with Crippen molar-refractivity contribution in [1.82, 2.24) is 0 Å². The molecule has 2 aliphatic carbocycles. The van der Waals surface area contributed by atoms with Gasteiger partial charge in [0.05, 0.1) is 12.1 Å². The van der Waals surface area contributed by atoms with E-state index in [1.807, 2.05) is 6.07 Å². The van der Waals surface area contributed by atoms with Crippen molar-refractivity contribution in [3.63, 3.8) is 0 Å². The molecular formula is C15H16Cl2O2. The summed E-state index contributed by atoms with van der Waals surface area (Å²) < 4.78 is 5.22. The van der Waals surface area contributed by atoms with Crippen LogP contribution < -0.4 is 4.74 Å². The van der Waals surface area contributed by atoms with E-state index in [0.717, 1.165) is 24.8 Å². The monoisotopic (exact) mass is 298 g/mol. The molecule has 0 radical (unpaired) electrons. The van der Waals surface area contributed by atoms with Gasteiger partial charge in [0.1, 0.15) is 10.8 Å². The van der Waals surface area contributed by atoms with Crippen LogP contribution in [0, 0.1) is 11.8 Å². The third kappa shape index (κ3) is 2.05. The lowest BCUT2D eigenvalue weighted by Gasteiger charge is -2.15. The molecule has 0 N–H and O–H groups in total. The van der Waals surface area contributed by atoms with E-state index < -0.39 is 0 Å². The van der Waals surface area contributed by atoms with Crippen molar-refractivity contribution < 1.29 is 9.53 Å². The number of hydrogen-bond donors (Lipinski definition) is 0. The van der Waals surface area contributed by atoms with Gasteiger partial charge in [0, 0.05) is 11.5 Å². The van der Waals surface area contributed by atoms with E-state index in [9.17, 15) is 4.79 Å². The third-order valence-electron chi connectivity index (χ3n) is 4.47. The Bertz CT molecular complexity index is 533. The number of halogens is 2. The summed E-state index contributed by atoms with van der Waals surface area (Å²) in [5.74, 6) is 1.35. The number of benzene rings is 1. The average molecular weight is 299 g/mol. The van der Waals surface area contributed by atoms with Gasteiger partial charge in [-0.25, -0.2) is 0 Å². The van der Waals surface area contributed by atoms with E-state index in [-0.39, 0.29) is 11.7 Å². The van der Waals surface area contributed by atoms with Crippen LogP contribution in [-0.4, -0.2) is 12.9 Å². The molecule has 19 heavy (non-hydrogen) atoms. The molecule has 0 aromatic heterocycles. The zero-order valence-electron chi connectivity index (χ0n) is 10.8. The second-order valence-corrected chi connectivity index (χ2v) is 6.22. The first-order valence-corrected chi connectivity index (χ1v) is 7.48. The van der Waals surface area contributed by atoms with Crippen molar-refractivity contribution in [2.45, 2.75) is 32.1 Å². The summed E-state index contributed by atoms with van der Waals surface area (Å²) in [5.41, 5.74) is 1.62. The minimum atomic E-state index is 0.0955. The van der Waals surface area contributed by atoms with Crippen LogP contribution in [0.2, 0.25) is 10.0 Å². The fourth-order valence-electron chi connectivity index (χ4n) is 3.48. The normalized spacial score (nSPS) is 22.9. The fourth-order valence-corrected chi connectivity index (χ4v) is 4.02. The van der Waals surface area contributed by atoms with Crippen LogP contribution in [0.1, 0.15) is 41.6 Å². The highest BCUT2D eigenvalue weighted by molar-refractivity contribution is 6.45. The van der Waals surface area contributed by atoms with Crippen LogP contribution in [0.4, 0.5) is 0 Å². The van der Waals surface area contributed by atoms with Gasteiger partial charge in [-0.2, -0.15) is 0 Å². The molecule has 3 rings (SSSR count). The lowest BCUT2D eigenvalue weighted by Crippen LogP contribution is -2.18. The van der Waals surface area contributed by atoms with Crippen molar-refractivity contribution in [3.05, 3.63) is 27.2 Å². The SMILES string of the molecule is COc1cc2c(c(Cl)c1Cl)C(=O)[C@H](C1CCCC1)C2. The first kappa shape index (κ1) is 13.3. The van der Waals surface area contributed by atoms with Crippen molar-refractivity contribution in [1.29, 1.82) is 0 Å². The van der Waals surface area contributed by atoms with E-state index in [1.54, 1.807) is 7.11 Å². The molecule has 102 valence electrons. The molecule has 0 spiro atoms. The number of hydrogen-bond acceptors (Lipinski definition) is 2. The Hall–Kier alpha value is -0.730. The maximum Gasteiger partial charge on any atom is 0.168 e. The van der Waals surface area contributed by atoms with E-state index in [2.05, 4.69) is 0 Å². The Kier molecular flexibility index (Phi) is 3.48. The van der Waals surface area contributed by atoms with E-state index in [1.165, 1.54) is 12.8 Å².